The zero-order valence-electron chi connectivity index (χ0n) is 20.0. The van der Waals surface area contributed by atoms with Crippen LogP contribution in [-0.2, 0) is 13.1 Å². The lowest BCUT2D eigenvalue weighted by atomic mass is 9.96. The van der Waals surface area contributed by atoms with Gasteiger partial charge in [0.05, 0.1) is 34.9 Å². The first kappa shape index (κ1) is 26.0. The maximum atomic E-state index is 13.2. The van der Waals surface area contributed by atoms with Crippen LogP contribution >= 0.6 is 22.9 Å². The van der Waals surface area contributed by atoms with E-state index in [1.165, 1.54) is 29.7 Å². The summed E-state index contributed by atoms with van der Waals surface area (Å²) in [4.78, 5) is 51.8. The van der Waals surface area contributed by atoms with Gasteiger partial charge in [-0.25, -0.2) is 4.79 Å². The third-order valence-electron chi connectivity index (χ3n) is 5.29. The molecule has 192 valence electrons. The standard InChI is InChI=1S/C24H22ClN5O6S/c1-24(2,3)23(35)30-19(26-11-13-4-6-18(25)37-13)10-15(28-30)21-14(22(33)34)5-7-20(32)29(21)12-16(31)17-8-9-27-36-17/h4-10,26H,11-12H2,1-3H3,(H,33,34). The number of nitrogens with one attached hydrogen (secondary N) is 1. The lowest BCUT2D eigenvalue weighted by molar-refractivity contribution is 0.0695. The Morgan fingerprint density at radius 1 is 1.16 bits per heavy atom. The summed E-state index contributed by atoms with van der Waals surface area (Å²) in [6.07, 6.45) is 1.28. The molecule has 11 nitrogen and oxygen atoms in total. The summed E-state index contributed by atoms with van der Waals surface area (Å²) in [5.74, 6) is -2.12. The molecule has 2 N–H and O–H groups in total. The molecule has 0 amide bonds. The average Bonchev–Trinajstić information content (AvgIpc) is 3.58. The Morgan fingerprint density at radius 2 is 1.92 bits per heavy atom. The first-order valence-corrected chi connectivity index (χ1v) is 12.2. The number of aromatic carboxylic acids is 1. The van der Waals surface area contributed by atoms with Crippen LogP contribution in [0.3, 0.4) is 0 Å². The quantitative estimate of drug-likeness (QED) is 0.310. The summed E-state index contributed by atoms with van der Waals surface area (Å²) in [6, 6.07) is 8.58. The Hall–Kier alpha value is -4.03. The predicted octanol–water partition coefficient (Wildman–Crippen LogP) is 4.29. The minimum atomic E-state index is -1.34. The maximum Gasteiger partial charge on any atom is 0.337 e. The van der Waals surface area contributed by atoms with Crippen molar-refractivity contribution in [2.24, 2.45) is 5.41 Å². The lowest BCUT2D eigenvalue weighted by Gasteiger charge is -2.18. The second-order valence-electron chi connectivity index (χ2n) is 9.07. The smallest absolute Gasteiger partial charge is 0.337 e. The van der Waals surface area contributed by atoms with E-state index in [0.717, 1.165) is 26.3 Å². The van der Waals surface area contributed by atoms with Gasteiger partial charge in [0.1, 0.15) is 11.5 Å². The number of anilines is 1. The number of Topliss-reactive ketones (excluding diaryl/α,β-unsaturated/α-hetero) is 1. The molecule has 4 aromatic rings. The molecular weight excluding hydrogens is 522 g/mol. The van der Waals surface area contributed by atoms with Crippen LogP contribution < -0.4 is 10.9 Å². The Morgan fingerprint density at radius 3 is 2.51 bits per heavy atom. The molecule has 13 heteroatoms. The Balaban J connectivity index is 1.85. The van der Waals surface area contributed by atoms with E-state index in [-0.39, 0.29) is 34.4 Å². The van der Waals surface area contributed by atoms with E-state index in [2.05, 4.69) is 15.6 Å². The molecule has 0 aliphatic carbocycles. The van der Waals surface area contributed by atoms with Gasteiger partial charge < -0.3 is 14.9 Å². The third kappa shape index (κ3) is 5.54. The molecule has 37 heavy (non-hydrogen) atoms. The summed E-state index contributed by atoms with van der Waals surface area (Å²) in [5.41, 5.74) is -1.85. The molecule has 0 fully saturated rings. The number of nitrogens with zero attached hydrogens (tertiary/aromatic N) is 4. The van der Waals surface area contributed by atoms with Crippen LogP contribution in [-0.4, -0.2) is 42.3 Å². The van der Waals surface area contributed by atoms with E-state index in [1.807, 2.05) is 6.07 Å². The first-order valence-electron chi connectivity index (χ1n) is 11.0. The number of aromatic nitrogens is 4. The van der Waals surface area contributed by atoms with Crippen LogP contribution in [0.2, 0.25) is 4.34 Å². The van der Waals surface area contributed by atoms with Crippen LogP contribution in [0.15, 0.2) is 51.9 Å². The van der Waals surface area contributed by atoms with E-state index in [1.54, 1.807) is 26.8 Å². The van der Waals surface area contributed by atoms with E-state index < -0.39 is 29.3 Å². The van der Waals surface area contributed by atoms with E-state index in [9.17, 15) is 24.3 Å². The number of carboxylic acids is 1. The number of thiophene rings is 1. The first-order chi connectivity index (χ1) is 17.5. The molecular formula is C24H22ClN5O6S. The van der Waals surface area contributed by atoms with Gasteiger partial charge in [0.15, 0.2) is 0 Å². The average molecular weight is 544 g/mol. The Bertz CT molecular complexity index is 1540. The summed E-state index contributed by atoms with van der Waals surface area (Å²) in [7, 11) is 0. The number of carbonyl (C=O) groups is 3. The highest BCUT2D eigenvalue weighted by Gasteiger charge is 2.29. The van der Waals surface area contributed by atoms with E-state index >= 15 is 0 Å². The number of halogens is 1. The molecule has 0 atom stereocenters. The van der Waals surface area contributed by atoms with Gasteiger partial charge in [-0.2, -0.15) is 9.78 Å². The summed E-state index contributed by atoms with van der Waals surface area (Å²) in [5, 5.41) is 20.9. The monoisotopic (exact) mass is 543 g/mol. The Labute approximate surface area is 219 Å². The van der Waals surface area contributed by atoms with Gasteiger partial charge in [0, 0.05) is 28.5 Å². The Kier molecular flexibility index (Phi) is 7.14. The largest absolute Gasteiger partial charge is 0.478 e. The lowest BCUT2D eigenvalue weighted by Crippen LogP contribution is -2.29. The molecule has 0 unspecified atom stereocenters. The summed E-state index contributed by atoms with van der Waals surface area (Å²) < 4.78 is 7.62. The van der Waals surface area contributed by atoms with Gasteiger partial charge in [0.25, 0.3) is 11.5 Å². The van der Waals surface area contributed by atoms with Crippen molar-refractivity contribution in [1.82, 2.24) is 19.5 Å². The number of carbonyl (C=O) groups excluding carboxylic acids is 2. The maximum absolute atomic E-state index is 13.2. The van der Waals surface area contributed by atoms with Gasteiger partial charge in [-0.1, -0.05) is 37.5 Å². The highest BCUT2D eigenvalue weighted by Crippen LogP contribution is 2.29. The number of ketones is 1. The fraction of sp³-hybridized carbons (Fsp3) is 0.250. The molecule has 4 aromatic heterocycles. The fourth-order valence-electron chi connectivity index (χ4n) is 3.49. The van der Waals surface area contributed by atoms with Gasteiger partial charge in [-0.15, -0.1) is 11.3 Å². The molecule has 0 radical (unpaired) electrons. The molecule has 0 aromatic carbocycles. The molecule has 4 heterocycles. The minimum absolute atomic E-state index is 0.0183. The van der Waals surface area contributed by atoms with Crippen LogP contribution in [0.25, 0.3) is 11.4 Å². The van der Waals surface area contributed by atoms with Crippen molar-refractivity contribution in [1.29, 1.82) is 0 Å². The normalized spacial score (nSPS) is 11.5. The van der Waals surface area contributed by atoms with Crippen LogP contribution in [0, 0.1) is 5.41 Å². The van der Waals surface area contributed by atoms with Gasteiger partial charge in [0.2, 0.25) is 11.5 Å². The van der Waals surface area contributed by atoms with E-state index in [4.69, 9.17) is 16.1 Å². The summed E-state index contributed by atoms with van der Waals surface area (Å²) in [6.45, 7) is 4.95. The van der Waals surface area contributed by atoms with Gasteiger partial charge in [-0.3, -0.25) is 19.0 Å². The predicted molar refractivity (Wildman–Crippen MR) is 136 cm³/mol. The van der Waals surface area contributed by atoms with Crippen molar-refractivity contribution >= 4 is 46.4 Å². The molecule has 4 rings (SSSR count). The van der Waals surface area contributed by atoms with Crippen molar-refractivity contribution in [2.75, 3.05) is 5.32 Å². The SMILES string of the molecule is CC(C)(C)C(=O)n1nc(-c2c(C(=O)O)ccc(=O)n2CC(=O)c2ccno2)cc1NCc1ccc(Cl)s1. The second-order valence-corrected chi connectivity index (χ2v) is 10.9. The molecule has 0 aliphatic heterocycles. The summed E-state index contributed by atoms with van der Waals surface area (Å²) >= 11 is 7.38. The molecule has 0 bridgehead atoms. The fourth-order valence-corrected chi connectivity index (χ4v) is 4.51. The minimum Gasteiger partial charge on any atom is -0.478 e. The zero-order valence-corrected chi connectivity index (χ0v) is 21.6. The van der Waals surface area contributed by atoms with Crippen LogP contribution in [0.4, 0.5) is 5.82 Å². The van der Waals surface area contributed by atoms with Crippen molar-refractivity contribution in [2.45, 2.75) is 33.9 Å². The molecule has 0 spiro atoms. The van der Waals surface area contributed by atoms with Crippen molar-refractivity contribution < 1.29 is 24.0 Å². The number of rotatable bonds is 8. The topological polar surface area (TPSA) is 149 Å². The molecule has 0 aliphatic rings. The van der Waals surface area contributed by atoms with Crippen molar-refractivity contribution in [3.63, 3.8) is 0 Å². The highest BCUT2D eigenvalue weighted by atomic mass is 35.5. The van der Waals surface area contributed by atoms with Crippen LogP contribution in [0.5, 0.6) is 0 Å². The number of hydrogen-bond acceptors (Lipinski definition) is 9. The van der Waals surface area contributed by atoms with Crippen molar-refractivity contribution in [3.05, 3.63) is 73.5 Å². The van der Waals surface area contributed by atoms with Crippen molar-refractivity contribution in [3.8, 4) is 11.4 Å². The van der Waals surface area contributed by atoms with Crippen LogP contribution in [0.1, 0.15) is 51.4 Å². The third-order valence-corrected chi connectivity index (χ3v) is 6.52. The molecule has 0 saturated heterocycles. The number of pyridine rings is 1. The zero-order chi connectivity index (χ0) is 26.9. The number of hydrogen-bond donors (Lipinski definition) is 2. The van der Waals surface area contributed by atoms with Gasteiger partial charge >= 0.3 is 5.97 Å². The number of carboxylic acid groups (broad SMARTS) is 1. The van der Waals surface area contributed by atoms with Gasteiger partial charge in [-0.05, 0) is 18.2 Å². The second kappa shape index (κ2) is 10.1. The molecule has 0 saturated carbocycles. The highest BCUT2D eigenvalue weighted by molar-refractivity contribution is 7.16. The van der Waals surface area contributed by atoms with E-state index in [0.29, 0.717) is 10.9 Å².